The summed E-state index contributed by atoms with van der Waals surface area (Å²) >= 11 is 12.5. The molecule has 1 N–H and O–H groups in total. The van der Waals surface area contributed by atoms with E-state index in [-0.39, 0.29) is 6.04 Å². The van der Waals surface area contributed by atoms with Gasteiger partial charge in [0.2, 0.25) is 0 Å². The summed E-state index contributed by atoms with van der Waals surface area (Å²) in [6.07, 6.45) is 8.09. The van der Waals surface area contributed by atoms with Gasteiger partial charge in [0, 0.05) is 15.7 Å². The summed E-state index contributed by atoms with van der Waals surface area (Å²) in [4.78, 5) is 0. The molecule has 0 aromatic heterocycles. The Hall–Kier alpha value is -2.74. The van der Waals surface area contributed by atoms with E-state index in [1.54, 1.807) is 6.07 Å². The second-order valence-electron chi connectivity index (χ2n) is 8.74. The van der Waals surface area contributed by atoms with Crippen LogP contribution in [0.4, 0.5) is 0 Å². The van der Waals surface area contributed by atoms with Crippen molar-refractivity contribution in [3.8, 4) is 0 Å². The van der Waals surface area contributed by atoms with Gasteiger partial charge in [0.1, 0.15) is 0 Å². The molecule has 1 unspecified atom stereocenters. The van der Waals surface area contributed by atoms with Crippen LogP contribution in [0.2, 0.25) is 10.0 Å². The van der Waals surface area contributed by atoms with Crippen molar-refractivity contribution in [2.75, 3.05) is 0 Å². The third kappa shape index (κ3) is 7.37. The van der Waals surface area contributed by atoms with Crippen molar-refractivity contribution in [2.24, 2.45) is 0 Å². The Morgan fingerprint density at radius 3 is 2.17 bits per heavy atom. The third-order valence-corrected chi connectivity index (χ3v) is 6.66. The van der Waals surface area contributed by atoms with Crippen LogP contribution in [0.3, 0.4) is 0 Å². The monoisotopic (exact) mass is 505 g/mol. The zero-order chi connectivity index (χ0) is 26.1. The Kier molecular flexibility index (Phi) is 10.9. The summed E-state index contributed by atoms with van der Waals surface area (Å²) in [5.41, 5.74) is 9.33. The van der Waals surface area contributed by atoms with Crippen LogP contribution in [0.25, 0.3) is 5.57 Å². The number of aryl methyl sites for hydroxylation is 1. The predicted octanol–water partition coefficient (Wildman–Crippen LogP) is 10.4. The Balaban J connectivity index is 2.52. The number of halogens is 2. The Morgan fingerprint density at radius 2 is 1.63 bits per heavy atom. The summed E-state index contributed by atoms with van der Waals surface area (Å²) in [5.74, 6) is 0. The van der Waals surface area contributed by atoms with Gasteiger partial charge in [0.25, 0.3) is 0 Å². The van der Waals surface area contributed by atoms with Crippen LogP contribution in [0, 0.1) is 6.92 Å². The second-order valence-corrected chi connectivity index (χ2v) is 9.61. The molecule has 1 atom stereocenters. The first kappa shape index (κ1) is 28.5. The van der Waals surface area contributed by atoms with Crippen LogP contribution in [-0.4, -0.2) is 0 Å². The lowest BCUT2D eigenvalue weighted by atomic mass is 9.89. The van der Waals surface area contributed by atoms with Crippen molar-refractivity contribution in [3.05, 3.63) is 135 Å². The molecule has 35 heavy (non-hydrogen) atoms. The summed E-state index contributed by atoms with van der Waals surface area (Å²) in [5, 5.41) is 4.86. The standard InChI is InChI=1S/C32H37Cl2N/c1-9-14-31(23(6)22(5)26-18-27(33)20-28(34)19-26)24(7)29(11-3)25(8)35-32(15-10-2)30-17-13-12-16-21(30)4/h9,11-14,16-20,32,35H,3,5,8,10,15H2,1-2,4,6-7H3/b14-9-,29-24+,31-23+. The number of hydrogen-bond acceptors (Lipinski definition) is 1. The largest absolute Gasteiger partial charge is 0.378 e. The molecule has 0 amide bonds. The fraction of sp³-hybridized carbons (Fsp3) is 0.250. The molecule has 0 aliphatic rings. The van der Waals surface area contributed by atoms with Gasteiger partial charge in [-0.2, -0.15) is 0 Å². The van der Waals surface area contributed by atoms with Crippen LogP contribution >= 0.6 is 23.2 Å². The van der Waals surface area contributed by atoms with Gasteiger partial charge in [-0.1, -0.05) is 98.8 Å². The van der Waals surface area contributed by atoms with Crippen molar-refractivity contribution >= 4 is 28.8 Å². The number of benzene rings is 2. The van der Waals surface area contributed by atoms with Crippen LogP contribution < -0.4 is 5.32 Å². The van der Waals surface area contributed by atoms with Gasteiger partial charge in [0.15, 0.2) is 0 Å². The quantitative estimate of drug-likeness (QED) is 0.299. The van der Waals surface area contributed by atoms with Crippen molar-refractivity contribution < 1.29 is 0 Å². The molecular weight excluding hydrogens is 469 g/mol. The molecule has 0 heterocycles. The molecule has 1 nitrogen and oxygen atoms in total. The van der Waals surface area contributed by atoms with Gasteiger partial charge in [-0.05, 0) is 96.9 Å². The first-order valence-electron chi connectivity index (χ1n) is 12.0. The smallest absolute Gasteiger partial charge is 0.0516 e. The maximum atomic E-state index is 6.25. The van der Waals surface area contributed by atoms with Crippen molar-refractivity contribution in [2.45, 2.75) is 53.5 Å². The lowest BCUT2D eigenvalue weighted by Crippen LogP contribution is -2.22. The molecule has 2 rings (SSSR count). The van der Waals surface area contributed by atoms with Gasteiger partial charge in [-0.3, -0.25) is 0 Å². The predicted molar refractivity (Wildman–Crippen MR) is 157 cm³/mol. The minimum absolute atomic E-state index is 0.176. The van der Waals surface area contributed by atoms with Crippen molar-refractivity contribution in [1.29, 1.82) is 0 Å². The van der Waals surface area contributed by atoms with E-state index >= 15 is 0 Å². The molecule has 0 spiro atoms. The summed E-state index contributed by atoms with van der Waals surface area (Å²) in [7, 11) is 0. The van der Waals surface area contributed by atoms with Crippen LogP contribution in [0.15, 0.2) is 108 Å². The van der Waals surface area contributed by atoms with Crippen molar-refractivity contribution in [3.63, 3.8) is 0 Å². The number of nitrogens with one attached hydrogen (secondary N) is 1. The van der Waals surface area contributed by atoms with Gasteiger partial charge in [-0.15, -0.1) is 0 Å². The fourth-order valence-electron chi connectivity index (χ4n) is 4.31. The average Bonchev–Trinajstić information content (AvgIpc) is 2.81. The summed E-state index contributed by atoms with van der Waals surface area (Å²) in [6.45, 7) is 23.4. The molecule has 0 aliphatic carbocycles. The highest BCUT2D eigenvalue weighted by Gasteiger charge is 2.17. The first-order valence-corrected chi connectivity index (χ1v) is 12.7. The topological polar surface area (TPSA) is 12.0 Å². The Labute approximate surface area is 222 Å². The zero-order valence-corrected chi connectivity index (χ0v) is 23.2. The van der Waals surface area contributed by atoms with Gasteiger partial charge < -0.3 is 5.32 Å². The SMILES string of the molecule is C=C\C(C(=C)NC(CCC)c1ccccc1C)=C(C)/C(/C=C\C)=C(\C)C(=C)c1cc(Cl)cc(Cl)c1. The highest BCUT2D eigenvalue weighted by molar-refractivity contribution is 6.34. The van der Waals surface area contributed by atoms with E-state index in [4.69, 9.17) is 23.2 Å². The molecular formula is C32H37Cl2N. The Morgan fingerprint density at radius 1 is 1.00 bits per heavy atom. The molecule has 0 saturated carbocycles. The molecule has 2 aromatic carbocycles. The molecule has 2 aromatic rings. The van der Waals surface area contributed by atoms with Gasteiger partial charge >= 0.3 is 0 Å². The van der Waals surface area contributed by atoms with E-state index in [2.05, 4.69) is 83.1 Å². The van der Waals surface area contributed by atoms with Gasteiger partial charge in [0.05, 0.1) is 6.04 Å². The van der Waals surface area contributed by atoms with Crippen molar-refractivity contribution in [1.82, 2.24) is 5.32 Å². The van der Waals surface area contributed by atoms with Crippen LogP contribution in [-0.2, 0) is 0 Å². The summed E-state index contributed by atoms with van der Waals surface area (Å²) in [6, 6.07) is 14.2. The zero-order valence-electron chi connectivity index (χ0n) is 21.6. The average molecular weight is 507 g/mol. The second kappa shape index (κ2) is 13.4. The van der Waals surface area contributed by atoms with Gasteiger partial charge in [-0.25, -0.2) is 0 Å². The lowest BCUT2D eigenvalue weighted by Gasteiger charge is -2.25. The number of hydrogen-bond donors (Lipinski definition) is 1. The minimum atomic E-state index is 0.176. The van der Waals surface area contributed by atoms with E-state index in [0.29, 0.717) is 10.0 Å². The molecule has 184 valence electrons. The molecule has 0 radical (unpaired) electrons. The van der Waals surface area contributed by atoms with E-state index in [9.17, 15) is 0 Å². The molecule has 0 fully saturated rings. The highest BCUT2D eigenvalue weighted by atomic mass is 35.5. The van der Waals surface area contributed by atoms with E-state index in [1.165, 1.54) is 11.1 Å². The molecule has 0 saturated heterocycles. The fourth-order valence-corrected chi connectivity index (χ4v) is 4.84. The molecule has 0 bridgehead atoms. The third-order valence-electron chi connectivity index (χ3n) is 6.23. The number of allylic oxidation sites excluding steroid dienone is 7. The highest BCUT2D eigenvalue weighted by Crippen LogP contribution is 2.33. The first-order chi connectivity index (χ1) is 16.6. The van der Waals surface area contributed by atoms with E-state index in [0.717, 1.165) is 52.0 Å². The normalized spacial score (nSPS) is 13.7. The lowest BCUT2D eigenvalue weighted by molar-refractivity contribution is 0.546. The van der Waals surface area contributed by atoms with Crippen LogP contribution in [0.5, 0.6) is 0 Å². The Bertz CT molecular complexity index is 1170. The maximum Gasteiger partial charge on any atom is 0.0516 e. The minimum Gasteiger partial charge on any atom is -0.378 e. The van der Waals surface area contributed by atoms with E-state index < -0.39 is 0 Å². The summed E-state index contributed by atoms with van der Waals surface area (Å²) < 4.78 is 0. The maximum absolute atomic E-state index is 6.25. The van der Waals surface area contributed by atoms with E-state index in [1.807, 2.05) is 31.2 Å². The molecule has 0 aliphatic heterocycles. The number of rotatable bonds is 11. The molecule has 3 heteroatoms. The van der Waals surface area contributed by atoms with Crippen LogP contribution in [0.1, 0.15) is 63.3 Å².